The number of halogens is 3. The van der Waals surface area contributed by atoms with E-state index in [1.807, 2.05) is 0 Å². The molecule has 0 bridgehead atoms. The van der Waals surface area contributed by atoms with Crippen molar-refractivity contribution in [2.24, 2.45) is 0 Å². The Morgan fingerprint density at radius 1 is 1.03 bits per heavy atom. The minimum atomic E-state index is -4.62. The molecule has 2 aromatic carbocycles. The van der Waals surface area contributed by atoms with E-state index in [1.54, 1.807) is 31.2 Å². The van der Waals surface area contributed by atoms with Gasteiger partial charge in [0.25, 0.3) is 5.91 Å². The van der Waals surface area contributed by atoms with Crippen LogP contribution in [0.2, 0.25) is 0 Å². The number of Topliss-reactive ketones (excluding diaryl/α,β-unsaturated/α-hetero) is 1. The van der Waals surface area contributed by atoms with Gasteiger partial charge in [0.1, 0.15) is 5.75 Å². The van der Waals surface area contributed by atoms with Gasteiger partial charge in [-0.25, -0.2) is 0 Å². The molecule has 0 spiro atoms. The predicted octanol–water partition coefficient (Wildman–Crippen LogP) is 3.77. The number of ketones is 1. The molecule has 0 aliphatic carbocycles. The van der Waals surface area contributed by atoms with Crippen LogP contribution < -0.4 is 10.1 Å². The first-order valence-electron chi connectivity index (χ1n) is 9.09. The molecule has 0 aromatic heterocycles. The van der Waals surface area contributed by atoms with E-state index in [0.29, 0.717) is 11.3 Å². The molecule has 0 saturated heterocycles. The van der Waals surface area contributed by atoms with E-state index in [0.717, 1.165) is 17.0 Å². The second-order valence-electron chi connectivity index (χ2n) is 6.37. The van der Waals surface area contributed by atoms with Crippen LogP contribution in [0.1, 0.15) is 29.8 Å². The molecule has 2 amide bonds. The molecule has 6 nitrogen and oxygen atoms in total. The van der Waals surface area contributed by atoms with Crippen molar-refractivity contribution in [2.75, 3.05) is 25.0 Å². The monoisotopic (exact) mass is 422 g/mol. The Hall–Kier alpha value is -3.36. The summed E-state index contributed by atoms with van der Waals surface area (Å²) < 4.78 is 44.5. The Morgan fingerprint density at radius 2 is 1.67 bits per heavy atom. The van der Waals surface area contributed by atoms with Crippen molar-refractivity contribution >= 4 is 23.3 Å². The normalized spacial score (nSPS) is 11.0. The van der Waals surface area contributed by atoms with Crippen LogP contribution in [0.4, 0.5) is 18.9 Å². The van der Waals surface area contributed by atoms with Crippen LogP contribution in [-0.4, -0.2) is 42.2 Å². The Morgan fingerprint density at radius 3 is 2.23 bits per heavy atom. The van der Waals surface area contributed by atoms with Crippen LogP contribution >= 0.6 is 0 Å². The quantitative estimate of drug-likeness (QED) is 0.657. The van der Waals surface area contributed by atoms with Crippen LogP contribution in [0.15, 0.2) is 48.5 Å². The largest absolute Gasteiger partial charge is 0.484 e. The van der Waals surface area contributed by atoms with E-state index in [2.05, 4.69) is 5.32 Å². The number of hydrogen-bond acceptors (Lipinski definition) is 4. The molecule has 0 unspecified atom stereocenters. The van der Waals surface area contributed by atoms with Gasteiger partial charge in [-0.05, 0) is 50.2 Å². The molecule has 2 rings (SSSR count). The molecule has 0 saturated carbocycles. The Balaban J connectivity index is 1.95. The average Bonchev–Trinajstić information content (AvgIpc) is 2.70. The SMILES string of the molecule is CCN(CC(=O)Nc1ccccc1C(F)(F)F)C(=O)COc1ccc(C(C)=O)cc1. The third-order valence-electron chi connectivity index (χ3n) is 4.20. The first-order chi connectivity index (χ1) is 14.1. The minimum Gasteiger partial charge on any atom is -0.484 e. The van der Waals surface area contributed by atoms with Crippen LogP contribution in [0.3, 0.4) is 0 Å². The molecule has 2 aromatic rings. The van der Waals surface area contributed by atoms with Crippen LogP contribution in [0.25, 0.3) is 0 Å². The number of ether oxygens (including phenoxy) is 1. The van der Waals surface area contributed by atoms with Crippen molar-refractivity contribution in [3.8, 4) is 5.75 Å². The Bertz CT molecular complexity index is 911. The standard InChI is InChI=1S/C21H21F3N2O4/c1-3-26(20(29)13-30-16-10-8-15(9-11-16)14(2)27)12-19(28)25-18-7-5-4-6-17(18)21(22,23)24/h4-11H,3,12-13H2,1-2H3,(H,25,28). The van der Waals surface area contributed by atoms with Crippen molar-refractivity contribution in [3.63, 3.8) is 0 Å². The molecule has 0 aliphatic rings. The lowest BCUT2D eigenvalue weighted by atomic mass is 10.1. The molecule has 1 N–H and O–H groups in total. The third-order valence-corrected chi connectivity index (χ3v) is 4.20. The lowest BCUT2D eigenvalue weighted by molar-refractivity contribution is -0.137. The van der Waals surface area contributed by atoms with Crippen molar-refractivity contribution in [2.45, 2.75) is 20.0 Å². The van der Waals surface area contributed by atoms with Crippen molar-refractivity contribution in [1.29, 1.82) is 0 Å². The van der Waals surface area contributed by atoms with E-state index < -0.39 is 30.1 Å². The highest BCUT2D eigenvalue weighted by atomic mass is 19.4. The van der Waals surface area contributed by atoms with Gasteiger partial charge in [-0.2, -0.15) is 13.2 Å². The summed E-state index contributed by atoms with van der Waals surface area (Å²) in [4.78, 5) is 36.9. The van der Waals surface area contributed by atoms with Gasteiger partial charge in [-0.1, -0.05) is 12.1 Å². The smallest absolute Gasteiger partial charge is 0.418 e. The number of nitrogens with zero attached hydrogens (tertiary/aromatic N) is 1. The summed E-state index contributed by atoms with van der Waals surface area (Å²) in [6, 6.07) is 10.8. The number of anilines is 1. The summed E-state index contributed by atoms with van der Waals surface area (Å²) >= 11 is 0. The second-order valence-corrected chi connectivity index (χ2v) is 6.37. The van der Waals surface area contributed by atoms with Crippen molar-refractivity contribution < 1.29 is 32.3 Å². The van der Waals surface area contributed by atoms with Gasteiger partial charge in [0.15, 0.2) is 12.4 Å². The van der Waals surface area contributed by atoms with Gasteiger partial charge >= 0.3 is 6.18 Å². The van der Waals surface area contributed by atoms with Gasteiger partial charge in [0, 0.05) is 12.1 Å². The maximum atomic E-state index is 13.0. The summed E-state index contributed by atoms with van der Waals surface area (Å²) in [7, 11) is 0. The van der Waals surface area contributed by atoms with E-state index in [-0.39, 0.29) is 24.6 Å². The van der Waals surface area contributed by atoms with Gasteiger partial charge in [-0.3, -0.25) is 14.4 Å². The first kappa shape index (κ1) is 22.9. The molecule has 30 heavy (non-hydrogen) atoms. The lowest BCUT2D eigenvalue weighted by Crippen LogP contribution is -2.40. The fourth-order valence-corrected chi connectivity index (χ4v) is 2.60. The second kappa shape index (κ2) is 9.91. The number of carbonyl (C=O) groups is 3. The van der Waals surface area contributed by atoms with Crippen molar-refractivity contribution in [3.05, 3.63) is 59.7 Å². The molecule has 160 valence electrons. The van der Waals surface area contributed by atoms with Crippen LogP contribution in [0.5, 0.6) is 5.75 Å². The summed E-state index contributed by atoms with van der Waals surface area (Å²) in [5.74, 6) is -0.999. The minimum absolute atomic E-state index is 0.104. The summed E-state index contributed by atoms with van der Waals surface area (Å²) in [5, 5.41) is 2.20. The number of nitrogens with one attached hydrogen (secondary N) is 1. The predicted molar refractivity (Wildman–Crippen MR) is 104 cm³/mol. The number of carbonyl (C=O) groups excluding carboxylic acids is 3. The fraction of sp³-hybridized carbons (Fsp3) is 0.286. The zero-order valence-electron chi connectivity index (χ0n) is 16.5. The molecule has 0 atom stereocenters. The number of hydrogen-bond donors (Lipinski definition) is 1. The number of para-hydroxylation sites is 1. The van der Waals surface area contributed by atoms with E-state index in [9.17, 15) is 27.6 Å². The highest BCUT2D eigenvalue weighted by Crippen LogP contribution is 2.34. The topological polar surface area (TPSA) is 75.7 Å². The third kappa shape index (κ3) is 6.33. The number of amides is 2. The maximum absolute atomic E-state index is 13.0. The number of likely N-dealkylation sites (N-methyl/N-ethyl adjacent to an activating group) is 1. The van der Waals surface area contributed by atoms with Crippen LogP contribution in [-0.2, 0) is 15.8 Å². The molecular weight excluding hydrogens is 401 g/mol. The molecular formula is C21H21F3N2O4. The van der Waals surface area contributed by atoms with Gasteiger partial charge < -0.3 is 15.0 Å². The summed E-state index contributed by atoms with van der Waals surface area (Å²) in [6.07, 6.45) is -4.62. The first-order valence-corrected chi connectivity index (χ1v) is 9.09. The van der Waals surface area contributed by atoms with Crippen LogP contribution in [0, 0.1) is 0 Å². The van der Waals surface area contributed by atoms with Gasteiger partial charge in [0.05, 0.1) is 17.8 Å². The van der Waals surface area contributed by atoms with E-state index in [1.165, 1.54) is 19.1 Å². The van der Waals surface area contributed by atoms with Crippen molar-refractivity contribution in [1.82, 2.24) is 4.90 Å². The molecule has 0 aliphatic heterocycles. The maximum Gasteiger partial charge on any atom is 0.418 e. The zero-order chi connectivity index (χ0) is 22.3. The molecule has 0 fully saturated rings. The zero-order valence-corrected chi connectivity index (χ0v) is 16.5. The highest BCUT2D eigenvalue weighted by Gasteiger charge is 2.33. The Labute approximate surface area is 171 Å². The molecule has 0 heterocycles. The van der Waals surface area contributed by atoms with Gasteiger partial charge in [-0.15, -0.1) is 0 Å². The molecule has 0 radical (unpaired) electrons. The fourth-order valence-electron chi connectivity index (χ4n) is 2.60. The van der Waals surface area contributed by atoms with E-state index >= 15 is 0 Å². The molecule has 9 heteroatoms. The lowest BCUT2D eigenvalue weighted by Gasteiger charge is -2.21. The number of rotatable bonds is 8. The number of alkyl halides is 3. The Kier molecular flexibility index (Phi) is 7.57. The highest BCUT2D eigenvalue weighted by molar-refractivity contribution is 5.95. The summed E-state index contributed by atoms with van der Waals surface area (Å²) in [5.41, 5.74) is -0.843. The van der Waals surface area contributed by atoms with Gasteiger partial charge in [0.2, 0.25) is 5.91 Å². The van der Waals surface area contributed by atoms with E-state index in [4.69, 9.17) is 4.74 Å². The summed E-state index contributed by atoms with van der Waals surface area (Å²) in [6.45, 7) is 2.45. The average molecular weight is 422 g/mol. The number of benzene rings is 2.